The molecule has 2 amide bonds. The highest BCUT2D eigenvalue weighted by molar-refractivity contribution is 6.31. The lowest BCUT2D eigenvalue weighted by Crippen LogP contribution is -2.49. The van der Waals surface area contributed by atoms with Crippen molar-refractivity contribution in [1.29, 1.82) is 0 Å². The molecule has 5 rings (SSSR count). The normalized spacial score (nSPS) is 16.6. The van der Waals surface area contributed by atoms with Crippen molar-refractivity contribution in [3.8, 4) is 11.3 Å². The van der Waals surface area contributed by atoms with E-state index in [1.807, 2.05) is 34.1 Å². The number of nitrogens with two attached hydrogens (primary N) is 1. The number of hydrogen-bond donors (Lipinski definition) is 1. The number of hydrogen-bond acceptors (Lipinski definition) is 8. The van der Waals surface area contributed by atoms with Crippen LogP contribution in [0.15, 0.2) is 42.5 Å². The maximum Gasteiger partial charge on any atom is 0.253 e. The van der Waals surface area contributed by atoms with Gasteiger partial charge < -0.3 is 25.3 Å². The molecule has 2 fully saturated rings. The topological polar surface area (TPSA) is 92.5 Å². The average molecular weight is 649 g/mol. The molecule has 11 heteroatoms. The summed E-state index contributed by atoms with van der Waals surface area (Å²) in [4.78, 5) is 45.8. The lowest BCUT2D eigenvalue weighted by Gasteiger charge is -2.35. The van der Waals surface area contributed by atoms with Gasteiger partial charge in [0.1, 0.15) is 0 Å². The molecular weight excluding hydrogens is 600 g/mol. The molecule has 0 saturated carbocycles. The lowest BCUT2D eigenvalue weighted by molar-refractivity contribution is 0.0631. The third-order valence-corrected chi connectivity index (χ3v) is 9.24. The quantitative estimate of drug-likeness (QED) is 0.338. The summed E-state index contributed by atoms with van der Waals surface area (Å²) < 4.78 is 0. The molecule has 2 saturated heterocycles. The fraction of sp³-hybridized carbons (Fsp3) is 0.514. The number of piperazine rings is 2. The smallest absolute Gasteiger partial charge is 0.253 e. The predicted molar refractivity (Wildman–Crippen MR) is 188 cm³/mol. The summed E-state index contributed by atoms with van der Waals surface area (Å²) in [6.45, 7) is 10.1. The Labute approximate surface area is 278 Å². The Kier molecular flexibility index (Phi) is 11.5. The van der Waals surface area contributed by atoms with Crippen molar-refractivity contribution in [3.05, 3.63) is 58.6 Å². The number of halogens is 1. The van der Waals surface area contributed by atoms with E-state index in [0.29, 0.717) is 64.8 Å². The first kappa shape index (κ1) is 34.1. The first-order chi connectivity index (χ1) is 22.1. The summed E-state index contributed by atoms with van der Waals surface area (Å²) in [5.74, 6) is -0.127. The van der Waals surface area contributed by atoms with Gasteiger partial charge in [-0.25, -0.2) is 4.98 Å². The van der Waals surface area contributed by atoms with Crippen molar-refractivity contribution in [3.63, 3.8) is 0 Å². The van der Waals surface area contributed by atoms with E-state index in [4.69, 9.17) is 22.3 Å². The van der Waals surface area contributed by atoms with Gasteiger partial charge in [0, 0.05) is 85.1 Å². The molecule has 0 radical (unpaired) electrons. The van der Waals surface area contributed by atoms with E-state index in [0.717, 1.165) is 70.6 Å². The largest absolute Gasteiger partial charge is 0.398 e. The van der Waals surface area contributed by atoms with E-state index in [1.165, 1.54) is 0 Å². The van der Waals surface area contributed by atoms with E-state index in [9.17, 15) is 9.59 Å². The molecule has 0 aliphatic carbocycles. The fourth-order valence-electron chi connectivity index (χ4n) is 6.33. The Morgan fingerprint density at radius 3 is 1.72 bits per heavy atom. The van der Waals surface area contributed by atoms with Crippen LogP contribution >= 0.6 is 11.6 Å². The van der Waals surface area contributed by atoms with E-state index in [2.05, 4.69) is 47.8 Å². The molecule has 2 N–H and O–H groups in total. The van der Waals surface area contributed by atoms with Crippen molar-refractivity contribution < 1.29 is 9.59 Å². The molecular formula is C35H49ClN8O2. The van der Waals surface area contributed by atoms with Gasteiger partial charge in [0.25, 0.3) is 11.8 Å². The minimum Gasteiger partial charge on any atom is -0.398 e. The molecule has 2 aliphatic heterocycles. The maximum atomic E-state index is 14.0. The summed E-state index contributed by atoms with van der Waals surface area (Å²) in [7, 11) is 8.37. The van der Waals surface area contributed by atoms with Gasteiger partial charge in [0.15, 0.2) is 0 Å². The molecule has 0 unspecified atom stereocenters. The first-order valence-electron chi connectivity index (χ1n) is 16.4. The second-order valence-corrected chi connectivity index (χ2v) is 13.6. The number of pyridine rings is 1. The van der Waals surface area contributed by atoms with Crippen LogP contribution in [0, 0.1) is 0 Å². The zero-order valence-corrected chi connectivity index (χ0v) is 28.6. The van der Waals surface area contributed by atoms with Gasteiger partial charge in [-0.3, -0.25) is 19.4 Å². The van der Waals surface area contributed by atoms with Gasteiger partial charge in [-0.1, -0.05) is 11.6 Å². The minimum atomic E-state index is -0.0636. The molecule has 3 heterocycles. The van der Waals surface area contributed by atoms with Crippen LogP contribution in [0.5, 0.6) is 0 Å². The molecule has 2 aliphatic rings. The summed E-state index contributed by atoms with van der Waals surface area (Å²) in [6.07, 6.45) is 2.21. The molecule has 3 aromatic rings. The van der Waals surface area contributed by atoms with Crippen molar-refractivity contribution in [2.75, 3.05) is 112 Å². The van der Waals surface area contributed by atoms with Gasteiger partial charge in [0.2, 0.25) is 0 Å². The number of rotatable bonds is 11. The van der Waals surface area contributed by atoms with Crippen LogP contribution in [-0.4, -0.2) is 153 Å². The zero-order valence-electron chi connectivity index (χ0n) is 27.8. The van der Waals surface area contributed by atoms with Crippen LogP contribution < -0.4 is 5.73 Å². The second kappa shape index (κ2) is 15.5. The number of nitrogen functional groups attached to an aromatic ring is 1. The Morgan fingerprint density at radius 2 is 1.24 bits per heavy atom. The van der Waals surface area contributed by atoms with Crippen molar-refractivity contribution in [2.24, 2.45) is 0 Å². The van der Waals surface area contributed by atoms with Crippen LogP contribution in [0.4, 0.5) is 5.69 Å². The standard InChI is InChI=1S/C35H49ClN8O2/c1-39(2)9-5-11-41-13-17-43(18-14-41)34(45)27-21-26(32-25-31(37)30-8-7-29(36)24-33(30)38-32)22-28(23-27)35(46)44-19-15-42(16-20-44)12-6-10-40(3)4/h7-8,21-25H,5-6,9-20H2,1-4H3,(H2,37,38). The number of nitrogens with zero attached hydrogens (tertiary/aromatic N) is 7. The number of benzene rings is 2. The lowest BCUT2D eigenvalue weighted by atomic mass is 9.99. The monoisotopic (exact) mass is 648 g/mol. The molecule has 46 heavy (non-hydrogen) atoms. The van der Waals surface area contributed by atoms with Crippen molar-refractivity contribution in [2.45, 2.75) is 12.8 Å². The summed E-state index contributed by atoms with van der Waals surface area (Å²) >= 11 is 6.29. The van der Waals surface area contributed by atoms with Crippen LogP contribution in [0.3, 0.4) is 0 Å². The maximum absolute atomic E-state index is 14.0. The first-order valence-corrected chi connectivity index (χ1v) is 16.8. The summed E-state index contributed by atoms with van der Waals surface area (Å²) in [5, 5.41) is 1.38. The number of aromatic nitrogens is 1. The third kappa shape index (κ3) is 8.74. The van der Waals surface area contributed by atoms with Gasteiger partial charge in [-0.2, -0.15) is 0 Å². The number of carbonyl (C=O) groups excluding carboxylic acids is 2. The van der Waals surface area contributed by atoms with Gasteiger partial charge in [-0.15, -0.1) is 0 Å². The minimum absolute atomic E-state index is 0.0636. The van der Waals surface area contributed by atoms with Gasteiger partial charge in [0.05, 0.1) is 11.2 Å². The highest BCUT2D eigenvalue weighted by atomic mass is 35.5. The molecule has 10 nitrogen and oxygen atoms in total. The van der Waals surface area contributed by atoms with E-state index in [-0.39, 0.29) is 11.8 Å². The van der Waals surface area contributed by atoms with Crippen molar-refractivity contribution in [1.82, 2.24) is 34.4 Å². The molecule has 1 aromatic heterocycles. The Hall–Kier alpha value is -3.28. The third-order valence-electron chi connectivity index (χ3n) is 9.00. The fourth-order valence-corrected chi connectivity index (χ4v) is 6.50. The average Bonchev–Trinajstić information content (AvgIpc) is 3.04. The summed E-state index contributed by atoms with van der Waals surface area (Å²) in [5.41, 5.74) is 9.97. The van der Waals surface area contributed by atoms with Crippen LogP contribution in [-0.2, 0) is 0 Å². The number of amides is 2. The summed E-state index contributed by atoms with van der Waals surface area (Å²) in [6, 6.07) is 12.7. The van der Waals surface area contributed by atoms with Crippen molar-refractivity contribution >= 4 is 40.0 Å². The Bertz CT molecular complexity index is 1450. The molecule has 0 bridgehead atoms. The van der Waals surface area contributed by atoms with E-state index in [1.54, 1.807) is 18.2 Å². The molecule has 0 atom stereocenters. The highest BCUT2D eigenvalue weighted by Gasteiger charge is 2.26. The SMILES string of the molecule is CN(C)CCCN1CCN(C(=O)c2cc(C(=O)N3CCN(CCCN(C)C)CC3)cc(-c3cc(N)c4ccc(Cl)cc4n3)c2)CC1. The molecule has 0 spiro atoms. The van der Waals surface area contributed by atoms with Crippen LogP contribution in [0.25, 0.3) is 22.2 Å². The van der Waals surface area contributed by atoms with Crippen LogP contribution in [0.2, 0.25) is 5.02 Å². The molecule has 248 valence electrons. The number of fused-ring (bicyclic) bond motifs is 1. The highest BCUT2D eigenvalue weighted by Crippen LogP contribution is 2.30. The van der Waals surface area contributed by atoms with E-state index >= 15 is 0 Å². The van der Waals surface area contributed by atoms with Gasteiger partial charge in [-0.05, 0) is 110 Å². The number of anilines is 1. The predicted octanol–water partition coefficient (Wildman–Crippen LogP) is 3.56. The Balaban J connectivity index is 1.38. The number of carbonyl (C=O) groups is 2. The van der Waals surface area contributed by atoms with Crippen LogP contribution in [0.1, 0.15) is 33.6 Å². The van der Waals surface area contributed by atoms with E-state index < -0.39 is 0 Å². The molecule has 2 aromatic carbocycles. The second-order valence-electron chi connectivity index (χ2n) is 13.1. The zero-order chi connectivity index (χ0) is 32.8. The van der Waals surface area contributed by atoms with Gasteiger partial charge >= 0.3 is 0 Å². The Morgan fingerprint density at radius 1 is 0.739 bits per heavy atom.